The minimum Gasteiger partial charge on any atom is -0.508 e. The maximum atomic E-state index is 11.1. The number of carboxylic acid groups (broad SMARTS) is 1. The second-order valence-electron chi connectivity index (χ2n) is 4.13. The topological polar surface area (TPSA) is 66.8 Å². The fourth-order valence-corrected chi connectivity index (χ4v) is 2.26. The highest BCUT2D eigenvalue weighted by Gasteiger charge is 2.55. The smallest absolute Gasteiger partial charge is 0.333 e. The van der Waals surface area contributed by atoms with Crippen molar-refractivity contribution in [3.8, 4) is 5.75 Å². The lowest BCUT2D eigenvalue weighted by molar-refractivity contribution is -0.150. The monoisotopic (exact) mass is 222 g/mol. The molecule has 0 aliphatic heterocycles. The number of carboxylic acids is 1. The zero-order chi connectivity index (χ0) is 11.8. The first-order chi connectivity index (χ1) is 7.62. The Morgan fingerprint density at radius 3 is 2.50 bits per heavy atom. The zero-order valence-electron chi connectivity index (χ0n) is 9.01. The van der Waals surface area contributed by atoms with E-state index in [4.69, 9.17) is 9.84 Å². The highest BCUT2D eigenvalue weighted by atomic mass is 16.5. The summed E-state index contributed by atoms with van der Waals surface area (Å²) in [5.74, 6) is -0.841. The van der Waals surface area contributed by atoms with E-state index in [2.05, 4.69) is 0 Å². The van der Waals surface area contributed by atoms with Crippen LogP contribution in [0.1, 0.15) is 18.4 Å². The third-order valence-electron chi connectivity index (χ3n) is 3.19. The van der Waals surface area contributed by atoms with Gasteiger partial charge in [-0.15, -0.1) is 0 Å². The Balaban J connectivity index is 2.39. The second kappa shape index (κ2) is 3.79. The average Bonchev–Trinajstić information content (AvgIpc) is 3.00. The van der Waals surface area contributed by atoms with Gasteiger partial charge in [0.15, 0.2) is 6.10 Å². The molecule has 1 aromatic rings. The predicted octanol–water partition coefficient (Wildman–Crippen LogP) is 1.52. The Labute approximate surface area is 93.5 Å². The first kappa shape index (κ1) is 11.0. The van der Waals surface area contributed by atoms with Crippen molar-refractivity contribution in [2.24, 2.45) is 0 Å². The molecule has 16 heavy (non-hydrogen) atoms. The van der Waals surface area contributed by atoms with Gasteiger partial charge >= 0.3 is 5.97 Å². The van der Waals surface area contributed by atoms with Gasteiger partial charge in [-0.3, -0.25) is 0 Å². The van der Waals surface area contributed by atoms with Crippen LogP contribution in [0.5, 0.6) is 5.75 Å². The molecule has 1 aliphatic carbocycles. The van der Waals surface area contributed by atoms with Gasteiger partial charge in [-0.2, -0.15) is 0 Å². The third kappa shape index (κ3) is 1.55. The molecule has 0 aromatic heterocycles. The van der Waals surface area contributed by atoms with E-state index in [1.54, 1.807) is 24.3 Å². The quantitative estimate of drug-likeness (QED) is 0.810. The van der Waals surface area contributed by atoms with Crippen LogP contribution in [0.25, 0.3) is 0 Å². The first-order valence-electron chi connectivity index (χ1n) is 5.16. The Hall–Kier alpha value is -1.55. The molecule has 0 saturated heterocycles. The summed E-state index contributed by atoms with van der Waals surface area (Å²) >= 11 is 0. The number of aliphatic carboxylic acids is 1. The molecular formula is C12H14O4. The fraction of sp³-hybridized carbons (Fsp3) is 0.417. The standard InChI is InChI=1S/C12H14O4/c1-16-10(11(14)15)12(6-7-12)8-4-2-3-5-9(8)13/h2-5,10,13H,6-7H2,1H3,(H,14,15). The summed E-state index contributed by atoms with van der Waals surface area (Å²) in [5, 5.41) is 18.9. The Morgan fingerprint density at radius 2 is 2.06 bits per heavy atom. The zero-order valence-corrected chi connectivity index (χ0v) is 9.01. The lowest BCUT2D eigenvalue weighted by atomic mass is 9.89. The van der Waals surface area contributed by atoms with Gasteiger partial charge in [0.25, 0.3) is 0 Å². The molecule has 0 bridgehead atoms. The van der Waals surface area contributed by atoms with Crippen molar-refractivity contribution in [2.45, 2.75) is 24.4 Å². The molecule has 1 atom stereocenters. The number of ether oxygens (including phenoxy) is 1. The SMILES string of the molecule is COC(C(=O)O)C1(c2ccccc2O)CC1. The number of hydrogen-bond acceptors (Lipinski definition) is 3. The molecule has 1 fully saturated rings. The number of rotatable bonds is 4. The van der Waals surface area contributed by atoms with Crippen LogP contribution in [0.3, 0.4) is 0 Å². The number of phenolic OH excluding ortho intramolecular Hbond substituents is 1. The van der Waals surface area contributed by atoms with Crippen molar-refractivity contribution < 1.29 is 19.7 Å². The Bertz CT molecular complexity index is 409. The Kier molecular flexibility index (Phi) is 2.59. The molecule has 0 amide bonds. The largest absolute Gasteiger partial charge is 0.508 e. The summed E-state index contributed by atoms with van der Waals surface area (Å²) in [4.78, 5) is 11.1. The van der Waals surface area contributed by atoms with Gasteiger partial charge in [-0.25, -0.2) is 4.79 Å². The fourth-order valence-electron chi connectivity index (χ4n) is 2.26. The molecule has 0 spiro atoms. The number of aromatic hydroxyl groups is 1. The van der Waals surface area contributed by atoms with Gasteiger partial charge < -0.3 is 14.9 Å². The van der Waals surface area contributed by atoms with Crippen molar-refractivity contribution in [1.82, 2.24) is 0 Å². The minimum atomic E-state index is -0.983. The summed E-state index contributed by atoms with van der Waals surface area (Å²) in [6, 6.07) is 6.85. The molecule has 4 heteroatoms. The number of methoxy groups -OCH3 is 1. The molecule has 4 nitrogen and oxygen atoms in total. The number of hydrogen-bond donors (Lipinski definition) is 2. The van der Waals surface area contributed by atoms with Gasteiger partial charge in [0.2, 0.25) is 0 Å². The van der Waals surface area contributed by atoms with Crippen molar-refractivity contribution in [1.29, 1.82) is 0 Å². The predicted molar refractivity (Wildman–Crippen MR) is 57.5 cm³/mol. The second-order valence-corrected chi connectivity index (χ2v) is 4.13. The van der Waals surface area contributed by atoms with Crippen molar-refractivity contribution in [3.05, 3.63) is 29.8 Å². The third-order valence-corrected chi connectivity index (χ3v) is 3.19. The molecule has 1 aromatic carbocycles. The molecule has 1 aliphatic rings. The van der Waals surface area contributed by atoms with E-state index in [0.29, 0.717) is 5.56 Å². The van der Waals surface area contributed by atoms with Crippen LogP contribution in [-0.2, 0) is 14.9 Å². The molecule has 0 heterocycles. The van der Waals surface area contributed by atoms with Crippen LogP contribution in [0, 0.1) is 0 Å². The normalized spacial score (nSPS) is 19.1. The lowest BCUT2D eigenvalue weighted by Crippen LogP contribution is -2.35. The van der Waals surface area contributed by atoms with Gasteiger partial charge in [0.05, 0.1) is 0 Å². The van der Waals surface area contributed by atoms with E-state index < -0.39 is 17.5 Å². The van der Waals surface area contributed by atoms with Crippen molar-refractivity contribution in [3.63, 3.8) is 0 Å². The summed E-state index contributed by atoms with van der Waals surface area (Å²) in [7, 11) is 1.39. The van der Waals surface area contributed by atoms with E-state index >= 15 is 0 Å². The van der Waals surface area contributed by atoms with E-state index in [0.717, 1.165) is 12.8 Å². The number of phenols is 1. The molecule has 0 radical (unpaired) electrons. The van der Waals surface area contributed by atoms with Crippen LogP contribution >= 0.6 is 0 Å². The highest BCUT2D eigenvalue weighted by Crippen LogP contribution is 2.54. The summed E-state index contributed by atoms with van der Waals surface area (Å²) in [5.41, 5.74) is 0.121. The summed E-state index contributed by atoms with van der Waals surface area (Å²) < 4.78 is 5.04. The maximum absolute atomic E-state index is 11.1. The van der Waals surface area contributed by atoms with Gasteiger partial charge in [0.1, 0.15) is 5.75 Å². The van der Waals surface area contributed by atoms with E-state index in [9.17, 15) is 9.90 Å². The van der Waals surface area contributed by atoms with Crippen LogP contribution in [-0.4, -0.2) is 29.4 Å². The average molecular weight is 222 g/mol. The van der Waals surface area contributed by atoms with Crippen molar-refractivity contribution in [2.75, 3.05) is 7.11 Å². The summed E-state index contributed by atoms with van der Waals surface area (Å²) in [6.45, 7) is 0. The van der Waals surface area contributed by atoms with Crippen LogP contribution in [0.2, 0.25) is 0 Å². The number of benzene rings is 1. The highest BCUT2D eigenvalue weighted by molar-refractivity contribution is 5.76. The molecule has 1 saturated carbocycles. The molecule has 2 rings (SSSR count). The van der Waals surface area contributed by atoms with Crippen LogP contribution in [0.15, 0.2) is 24.3 Å². The molecule has 86 valence electrons. The van der Waals surface area contributed by atoms with Crippen LogP contribution < -0.4 is 0 Å². The lowest BCUT2D eigenvalue weighted by Gasteiger charge is -2.23. The number of para-hydroxylation sites is 1. The van der Waals surface area contributed by atoms with Gasteiger partial charge in [0, 0.05) is 18.1 Å². The maximum Gasteiger partial charge on any atom is 0.333 e. The summed E-state index contributed by atoms with van der Waals surface area (Å²) in [6.07, 6.45) is 0.575. The minimum absolute atomic E-state index is 0.142. The van der Waals surface area contributed by atoms with Gasteiger partial charge in [-0.1, -0.05) is 18.2 Å². The van der Waals surface area contributed by atoms with Crippen LogP contribution in [0.4, 0.5) is 0 Å². The number of carbonyl (C=O) groups is 1. The van der Waals surface area contributed by atoms with E-state index in [1.165, 1.54) is 7.11 Å². The van der Waals surface area contributed by atoms with Crippen molar-refractivity contribution >= 4 is 5.97 Å². The van der Waals surface area contributed by atoms with E-state index in [-0.39, 0.29) is 5.75 Å². The van der Waals surface area contributed by atoms with E-state index in [1.807, 2.05) is 0 Å². The molecule has 1 unspecified atom stereocenters. The van der Waals surface area contributed by atoms with Gasteiger partial charge in [-0.05, 0) is 18.9 Å². The Morgan fingerprint density at radius 1 is 1.44 bits per heavy atom. The first-order valence-corrected chi connectivity index (χ1v) is 5.16. The molecule has 2 N–H and O–H groups in total. The molecular weight excluding hydrogens is 208 g/mol.